The fraction of sp³-hybridized carbons (Fsp3) is 0.500. The van der Waals surface area contributed by atoms with Crippen LogP contribution in [0.3, 0.4) is 0 Å². The Morgan fingerprint density at radius 1 is 1.40 bits per heavy atom. The predicted molar refractivity (Wildman–Crippen MR) is 59.6 cm³/mol. The van der Waals surface area contributed by atoms with Crippen LogP contribution in [0.15, 0.2) is 18.2 Å². The quantitative estimate of drug-likeness (QED) is 0.830. The fourth-order valence-electron chi connectivity index (χ4n) is 1.57. The summed E-state index contributed by atoms with van der Waals surface area (Å²) >= 11 is 0. The normalized spacial score (nSPS) is 14.7. The van der Waals surface area contributed by atoms with E-state index >= 15 is 0 Å². The summed E-state index contributed by atoms with van der Waals surface area (Å²) < 4.78 is 18.3. The van der Waals surface area contributed by atoms with Crippen molar-refractivity contribution in [2.75, 3.05) is 13.7 Å². The second-order valence-corrected chi connectivity index (χ2v) is 3.89. The van der Waals surface area contributed by atoms with E-state index in [0.717, 1.165) is 11.3 Å². The molecule has 0 aromatic heterocycles. The van der Waals surface area contributed by atoms with Crippen LogP contribution in [-0.2, 0) is 0 Å². The molecule has 2 unspecified atom stereocenters. The number of methoxy groups -OCH3 is 1. The van der Waals surface area contributed by atoms with Gasteiger partial charge in [0.05, 0.1) is 7.11 Å². The molecule has 2 N–H and O–H groups in total. The van der Waals surface area contributed by atoms with E-state index in [2.05, 4.69) is 6.92 Å². The summed E-state index contributed by atoms with van der Waals surface area (Å²) in [6.45, 7) is 4.67. The van der Waals surface area contributed by atoms with E-state index in [-0.39, 0.29) is 11.7 Å². The van der Waals surface area contributed by atoms with Gasteiger partial charge in [-0.15, -0.1) is 0 Å². The van der Waals surface area contributed by atoms with Crippen molar-refractivity contribution in [1.82, 2.24) is 0 Å². The molecule has 0 saturated heterocycles. The first-order chi connectivity index (χ1) is 7.10. The van der Waals surface area contributed by atoms with Gasteiger partial charge in [0, 0.05) is 5.56 Å². The Bertz CT molecular complexity index is 327. The Kier molecular flexibility index (Phi) is 4.09. The molecule has 3 heteroatoms. The van der Waals surface area contributed by atoms with Crippen molar-refractivity contribution in [3.05, 3.63) is 29.6 Å². The van der Waals surface area contributed by atoms with Crippen LogP contribution in [-0.4, -0.2) is 13.7 Å². The SMILES string of the molecule is COc1ccc(F)cc1C(C)C(C)CN. The van der Waals surface area contributed by atoms with Gasteiger partial charge in [0.25, 0.3) is 0 Å². The van der Waals surface area contributed by atoms with Crippen LogP contribution in [0.2, 0.25) is 0 Å². The Morgan fingerprint density at radius 2 is 2.07 bits per heavy atom. The molecule has 0 radical (unpaired) electrons. The van der Waals surface area contributed by atoms with E-state index < -0.39 is 0 Å². The highest BCUT2D eigenvalue weighted by atomic mass is 19.1. The standard InChI is InChI=1S/C12H18FNO/c1-8(7-14)9(2)11-6-10(13)4-5-12(11)15-3/h4-6,8-9H,7,14H2,1-3H3. The highest BCUT2D eigenvalue weighted by Gasteiger charge is 2.17. The molecule has 0 aliphatic rings. The molecule has 1 rings (SSSR count). The monoisotopic (exact) mass is 211 g/mol. The molecule has 84 valence electrons. The van der Waals surface area contributed by atoms with Gasteiger partial charge in [-0.2, -0.15) is 0 Å². The highest BCUT2D eigenvalue weighted by Crippen LogP contribution is 2.31. The summed E-state index contributed by atoms with van der Waals surface area (Å²) in [6.07, 6.45) is 0. The van der Waals surface area contributed by atoms with Gasteiger partial charge in [0.15, 0.2) is 0 Å². The zero-order valence-corrected chi connectivity index (χ0v) is 9.46. The summed E-state index contributed by atoms with van der Waals surface area (Å²) in [4.78, 5) is 0. The van der Waals surface area contributed by atoms with Crippen molar-refractivity contribution in [3.63, 3.8) is 0 Å². The maximum atomic E-state index is 13.1. The Balaban J connectivity index is 3.05. The number of nitrogens with two attached hydrogens (primary N) is 1. The Morgan fingerprint density at radius 3 is 2.60 bits per heavy atom. The summed E-state index contributed by atoms with van der Waals surface area (Å²) in [7, 11) is 1.59. The van der Waals surface area contributed by atoms with Crippen LogP contribution in [0.1, 0.15) is 25.3 Å². The third kappa shape index (κ3) is 2.69. The van der Waals surface area contributed by atoms with Gasteiger partial charge in [0.2, 0.25) is 0 Å². The predicted octanol–water partition coefficient (Wildman–Crippen LogP) is 2.53. The molecule has 2 atom stereocenters. The van der Waals surface area contributed by atoms with Crippen LogP contribution in [0.25, 0.3) is 0 Å². The minimum atomic E-state index is -0.234. The largest absolute Gasteiger partial charge is 0.496 e. The molecule has 2 nitrogen and oxygen atoms in total. The zero-order valence-electron chi connectivity index (χ0n) is 9.46. The topological polar surface area (TPSA) is 35.2 Å². The first-order valence-corrected chi connectivity index (χ1v) is 5.13. The van der Waals surface area contributed by atoms with Gasteiger partial charge in [-0.3, -0.25) is 0 Å². The van der Waals surface area contributed by atoms with E-state index in [1.807, 2.05) is 6.92 Å². The van der Waals surface area contributed by atoms with Crippen molar-refractivity contribution in [1.29, 1.82) is 0 Å². The Hall–Kier alpha value is -1.09. The minimum absolute atomic E-state index is 0.195. The first kappa shape index (κ1) is 12.0. The second kappa shape index (κ2) is 5.12. The molecule has 0 fully saturated rings. The van der Waals surface area contributed by atoms with E-state index in [9.17, 15) is 4.39 Å². The van der Waals surface area contributed by atoms with Crippen molar-refractivity contribution in [3.8, 4) is 5.75 Å². The summed E-state index contributed by atoms with van der Waals surface area (Å²) in [6, 6.07) is 4.59. The maximum absolute atomic E-state index is 13.1. The average molecular weight is 211 g/mol. The van der Waals surface area contributed by atoms with Crippen LogP contribution >= 0.6 is 0 Å². The van der Waals surface area contributed by atoms with Gasteiger partial charge in [-0.1, -0.05) is 13.8 Å². The van der Waals surface area contributed by atoms with Crippen molar-refractivity contribution in [2.24, 2.45) is 11.7 Å². The third-order valence-electron chi connectivity index (χ3n) is 2.91. The van der Waals surface area contributed by atoms with E-state index in [4.69, 9.17) is 10.5 Å². The molecule has 0 amide bonds. The molecule has 0 aliphatic heterocycles. The lowest BCUT2D eigenvalue weighted by Gasteiger charge is -2.20. The zero-order chi connectivity index (χ0) is 11.4. The number of halogens is 1. The third-order valence-corrected chi connectivity index (χ3v) is 2.91. The number of hydrogen-bond donors (Lipinski definition) is 1. The van der Waals surface area contributed by atoms with Gasteiger partial charge >= 0.3 is 0 Å². The lowest BCUT2D eigenvalue weighted by Crippen LogP contribution is -2.17. The van der Waals surface area contributed by atoms with Crippen LogP contribution in [0, 0.1) is 11.7 Å². The number of rotatable bonds is 4. The smallest absolute Gasteiger partial charge is 0.123 e. The average Bonchev–Trinajstić information content (AvgIpc) is 2.27. The van der Waals surface area contributed by atoms with Crippen LogP contribution in [0.5, 0.6) is 5.75 Å². The lowest BCUT2D eigenvalue weighted by atomic mass is 9.88. The van der Waals surface area contributed by atoms with Crippen LogP contribution < -0.4 is 10.5 Å². The summed E-state index contributed by atoms with van der Waals surface area (Å²) in [5.74, 6) is 0.993. The van der Waals surface area contributed by atoms with Crippen molar-refractivity contribution in [2.45, 2.75) is 19.8 Å². The van der Waals surface area contributed by atoms with Crippen molar-refractivity contribution < 1.29 is 9.13 Å². The first-order valence-electron chi connectivity index (χ1n) is 5.13. The van der Waals surface area contributed by atoms with E-state index in [1.165, 1.54) is 12.1 Å². The number of hydrogen-bond acceptors (Lipinski definition) is 2. The molecular weight excluding hydrogens is 193 g/mol. The van der Waals surface area contributed by atoms with Gasteiger partial charge in [0.1, 0.15) is 11.6 Å². The summed E-state index contributed by atoms with van der Waals surface area (Å²) in [5, 5.41) is 0. The molecule has 1 aromatic rings. The van der Waals surface area contributed by atoms with Gasteiger partial charge in [-0.05, 0) is 36.6 Å². The molecular formula is C12H18FNO. The maximum Gasteiger partial charge on any atom is 0.123 e. The van der Waals surface area contributed by atoms with Crippen LogP contribution in [0.4, 0.5) is 4.39 Å². The fourth-order valence-corrected chi connectivity index (χ4v) is 1.57. The van der Waals surface area contributed by atoms with E-state index in [1.54, 1.807) is 13.2 Å². The second-order valence-electron chi connectivity index (χ2n) is 3.89. The molecule has 0 bridgehead atoms. The molecule has 1 aromatic carbocycles. The molecule has 0 heterocycles. The van der Waals surface area contributed by atoms with Crippen molar-refractivity contribution >= 4 is 0 Å². The Labute approximate surface area is 90.2 Å². The molecule has 0 aliphatic carbocycles. The highest BCUT2D eigenvalue weighted by molar-refractivity contribution is 5.36. The molecule has 15 heavy (non-hydrogen) atoms. The minimum Gasteiger partial charge on any atom is -0.496 e. The molecule has 0 spiro atoms. The van der Waals surface area contributed by atoms with Gasteiger partial charge in [-0.25, -0.2) is 4.39 Å². The lowest BCUT2D eigenvalue weighted by molar-refractivity contribution is 0.394. The number of benzene rings is 1. The number of ether oxygens (including phenoxy) is 1. The summed E-state index contributed by atoms with van der Waals surface area (Å²) in [5.41, 5.74) is 6.49. The van der Waals surface area contributed by atoms with Gasteiger partial charge < -0.3 is 10.5 Å². The van der Waals surface area contributed by atoms with E-state index in [0.29, 0.717) is 12.5 Å². The molecule has 0 saturated carbocycles.